The summed E-state index contributed by atoms with van der Waals surface area (Å²) in [6, 6.07) is 13.0. The van der Waals surface area contributed by atoms with Crippen LogP contribution in [0.5, 0.6) is 0 Å². The van der Waals surface area contributed by atoms with Gasteiger partial charge in [0.2, 0.25) is 11.8 Å². The first-order valence-electron chi connectivity index (χ1n) is 9.70. The molecule has 0 spiro atoms. The van der Waals surface area contributed by atoms with Crippen LogP contribution in [0.15, 0.2) is 42.5 Å². The Morgan fingerprint density at radius 1 is 1.07 bits per heavy atom. The lowest BCUT2D eigenvalue weighted by Gasteiger charge is -2.19. The molecule has 0 radical (unpaired) electrons. The Balaban J connectivity index is 1.59. The Morgan fingerprint density at radius 2 is 1.82 bits per heavy atom. The molecule has 2 aromatic carbocycles. The molecule has 1 aliphatic heterocycles. The molecule has 0 saturated heterocycles. The van der Waals surface area contributed by atoms with Gasteiger partial charge in [-0.15, -0.1) is 0 Å². The lowest BCUT2D eigenvalue weighted by Crippen LogP contribution is -2.32. The number of hydrogen-bond acceptors (Lipinski definition) is 3. The van der Waals surface area contributed by atoms with Crippen LogP contribution in [-0.4, -0.2) is 24.1 Å². The maximum absolute atomic E-state index is 12.3. The molecule has 0 atom stereocenters. The molecular formula is C23H26N2O3. The minimum atomic E-state index is -0.185. The van der Waals surface area contributed by atoms with E-state index in [9.17, 15) is 14.4 Å². The van der Waals surface area contributed by atoms with Crippen LogP contribution in [-0.2, 0) is 16.0 Å². The number of nitrogens with zero attached hydrogens (tertiary/aromatic N) is 1. The molecule has 2 amide bonds. The fourth-order valence-electron chi connectivity index (χ4n) is 3.49. The number of fused-ring (bicyclic) bond motifs is 1. The van der Waals surface area contributed by atoms with Crippen LogP contribution in [0.2, 0.25) is 0 Å². The molecule has 1 N–H and O–H groups in total. The summed E-state index contributed by atoms with van der Waals surface area (Å²) in [5.74, 6) is -0.138. The molecule has 0 fully saturated rings. The van der Waals surface area contributed by atoms with E-state index >= 15 is 0 Å². The third-order valence-electron chi connectivity index (χ3n) is 5.04. The fourth-order valence-corrected chi connectivity index (χ4v) is 3.49. The predicted octanol–water partition coefficient (Wildman–Crippen LogP) is 4.14. The first-order chi connectivity index (χ1) is 13.4. The summed E-state index contributed by atoms with van der Waals surface area (Å²) < 4.78 is 0. The number of rotatable bonds is 6. The summed E-state index contributed by atoms with van der Waals surface area (Å²) in [7, 11) is 0. The number of carbonyl (C=O) groups excluding carboxylic acids is 3. The molecule has 0 bridgehead atoms. The number of aryl methyl sites for hydroxylation is 1. The summed E-state index contributed by atoms with van der Waals surface area (Å²) in [6.07, 6.45) is 1.10. The normalized spacial score (nSPS) is 12.8. The highest BCUT2D eigenvalue weighted by molar-refractivity contribution is 6.01. The van der Waals surface area contributed by atoms with E-state index in [1.54, 1.807) is 6.07 Å². The van der Waals surface area contributed by atoms with E-state index in [0.29, 0.717) is 17.8 Å². The number of nitrogens with one attached hydrogen (secondary N) is 1. The van der Waals surface area contributed by atoms with Gasteiger partial charge in [-0.25, -0.2) is 0 Å². The lowest BCUT2D eigenvalue weighted by molar-refractivity contribution is -0.121. The Hall–Kier alpha value is -2.95. The number of carbonyl (C=O) groups is 3. The van der Waals surface area contributed by atoms with E-state index in [1.807, 2.05) is 62.1 Å². The highest BCUT2D eigenvalue weighted by atomic mass is 16.2. The molecule has 5 heteroatoms. The van der Waals surface area contributed by atoms with Gasteiger partial charge in [-0.3, -0.25) is 14.4 Å². The van der Waals surface area contributed by atoms with Gasteiger partial charge in [0, 0.05) is 42.2 Å². The van der Waals surface area contributed by atoms with Gasteiger partial charge < -0.3 is 10.2 Å². The van der Waals surface area contributed by atoms with Crippen LogP contribution in [0.3, 0.4) is 0 Å². The van der Waals surface area contributed by atoms with E-state index in [1.165, 1.54) is 0 Å². The SMILES string of the molecule is Cc1ccccc1C(=O)CCC(=O)Nc1ccc2c(c1)CCN2C(=O)C(C)C. The van der Waals surface area contributed by atoms with Crippen LogP contribution in [0, 0.1) is 12.8 Å². The first-order valence-corrected chi connectivity index (χ1v) is 9.70. The second kappa shape index (κ2) is 8.38. The van der Waals surface area contributed by atoms with Crippen molar-refractivity contribution in [3.8, 4) is 0 Å². The highest BCUT2D eigenvalue weighted by Crippen LogP contribution is 2.31. The molecular weight excluding hydrogens is 352 g/mol. The molecule has 1 aliphatic rings. The average Bonchev–Trinajstić information content (AvgIpc) is 3.09. The minimum Gasteiger partial charge on any atom is -0.326 e. The van der Waals surface area contributed by atoms with Crippen molar-refractivity contribution < 1.29 is 14.4 Å². The van der Waals surface area contributed by atoms with Gasteiger partial charge in [0.05, 0.1) is 0 Å². The van der Waals surface area contributed by atoms with Gasteiger partial charge in [-0.1, -0.05) is 38.1 Å². The molecule has 0 aromatic heterocycles. The predicted molar refractivity (Wildman–Crippen MR) is 111 cm³/mol. The van der Waals surface area contributed by atoms with Gasteiger partial charge in [-0.2, -0.15) is 0 Å². The van der Waals surface area contributed by atoms with E-state index < -0.39 is 0 Å². The fraction of sp³-hybridized carbons (Fsp3) is 0.348. The zero-order chi connectivity index (χ0) is 20.3. The number of anilines is 2. The maximum atomic E-state index is 12.3. The summed E-state index contributed by atoms with van der Waals surface area (Å²) in [5, 5.41) is 2.87. The molecule has 1 heterocycles. The van der Waals surface area contributed by atoms with Crippen molar-refractivity contribution in [1.82, 2.24) is 0 Å². The van der Waals surface area contributed by atoms with E-state index in [0.717, 1.165) is 23.2 Å². The number of amides is 2. The molecule has 0 aliphatic carbocycles. The number of benzene rings is 2. The van der Waals surface area contributed by atoms with Gasteiger partial charge in [0.15, 0.2) is 5.78 Å². The number of Topliss-reactive ketones (excluding diaryl/α,β-unsaturated/α-hetero) is 1. The largest absolute Gasteiger partial charge is 0.326 e. The van der Waals surface area contributed by atoms with Gasteiger partial charge >= 0.3 is 0 Å². The lowest BCUT2D eigenvalue weighted by atomic mass is 10.0. The van der Waals surface area contributed by atoms with Crippen LogP contribution in [0.1, 0.15) is 48.2 Å². The maximum Gasteiger partial charge on any atom is 0.229 e. The van der Waals surface area contributed by atoms with Gasteiger partial charge in [-0.05, 0) is 42.7 Å². The van der Waals surface area contributed by atoms with E-state index in [2.05, 4.69) is 5.32 Å². The zero-order valence-corrected chi connectivity index (χ0v) is 16.6. The Kier molecular flexibility index (Phi) is 5.93. The van der Waals surface area contributed by atoms with Gasteiger partial charge in [0.1, 0.15) is 0 Å². The molecule has 28 heavy (non-hydrogen) atoms. The van der Waals surface area contributed by atoms with E-state index in [4.69, 9.17) is 0 Å². The molecule has 3 rings (SSSR count). The quantitative estimate of drug-likeness (QED) is 0.768. The molecule has 0 saturated carbocycles. The second-order valence-electron chi connectivity index (χ2n) is 7.52. The zero-order valence-electron chi connectivity index (χ0n) is 16.6. The Morgan fingerprint density at radius 3 is 2.54 bits per heavy atom. The average molecular weight is 378 g/mol. The van der Waals surface area contributed by atoms with Crippen LogP contribution >= 0.6 is 0 Å². The topological polar surface area (TPSA) is 66.5 Å². The third-order valence-corrected chi connectivity index (χ3v) is 5.04. The van der Waals surface area contributed by atoms with Crippen LogP contribution in [0.4, 0.5) is 11.4 Å². The molecule has 5 nitrogen and oxygen atoms in total. The van der Waals surface area contributed by atoms with Crippen molar-refractivity contribution in [3.05, 3.63) is 59.2 Å². The van der Waals surface area contributed by atoms with Crippen molar-refractivity contribution in [2.75, 3.05) is 16.8 Å². The van der Waals surface area contributed by atoms with E-state index in [-0.39, 0.29) is 36.4 Å². The Bertz CT molecular complexity index is 918. The van der Waals surface area contributed by atoms with Crippen molar-refractivity contribution in [2.45, 2.75) is 40.0 Å². The summed E-state index contributed by atoms with van der Waals surface area (Å²) in [5.41, 5.74) is 4.27. The molecule has 0 unspecified atom stereocenters. The monoisotopic (exact) mass is 378 g/mol. The van der Waals surface area contributed by atoms with Crippen LogP contribution < -0.4 is 10.2 Å². The summed E-state index contributed by atoms with van der Waals surface area (Å²) in [6.45, 7) is 6.36. The third kappa shape index (κ3) is 4.30. The summed E-state index contributed by atoms with van der Waals surface area (Å²) >= 11 is 0. The highest BCUT2D eigenvalue weighted by Gasteiger charge is 2.26. The second-order valence-corrected chi connectivity index (χ2v) is 7.52. The Labute approximate surface area is 165 Å². The van der Waals surface area contributed by atoms with Crippen LogP contribution in [0.25, 0.3) is 0 Å². The van der Waals surface area contributed by atoms with Crippen molar-refractivity contribution >= 4 is 29.0 Å². The number of hydrogen-bond donors (Lipinski definition) is 1. The first kappa shape index (κ1) is 19.8. The standard InChI is InChI=1S/C23H26N2O3/c1-15(2)23(28)25-13-12-17-14-18(8-9-20(17)25)24-22(27)11-10-21(26)19-7-5-4-6-16(19)3/h4-9,14-15H,10-13H2,1-3H3,(H,24,27). The molecule has 2 aromatic rings. The smallest absolute Gasteiger partial charge is 0.229 e. The minimum absolute atomic E-state index is 0.0231. The van der Waals surface area contributed by atoms with Gasteiger partial charge in [0.25, 0.3) is 0 Å². The van der Waals surface area contributed by atoms with Crippen molar-refractivity contribution in [1.29, 1.82) is 0 Å². The number of ketones is 1. The summed E-state index contributed by atoms with van der Waals surface area (Å²) in [4.78, 5) is 38.7. The van der Waals surface area contributed by atoms with Crippen molar-refractivity contribution in [3.63, 3.8) is 0 Å². The van der Waals surface area contributed by atoms with Crippen molar-refractivity contribution in [2.24, 2.45) is 5.92 Å². The molecule has 146 valence electrons.